The maximum absolute atomic E-state index is 12.2. The molecule has 0 aromatic heterocycles. The molecule has 34 heavy (non-hydrogen) atoms. The van der Waals surface area contributed by atoms with Crippen molar-refractivity contribution < 1.29 is 27.5 Å². The third-order valence-electron chi connectivity index (χ3n) is 4.97. The summed E-state index contributed by atoms with van der Waals surface area (Å²) in [5, 5.41) is 0. The summed E-state index contributed by atoms with van der Waals surface area (Å²) < 4.78 is 31.1. The molecule has 0 saturated heterocycles. The van der Waals surface area contributed by atoms with E-state index in [1.165, 1.54) is 6.07 Å². The van der Waals surface area contributed by atoms with Crippen molar-refractivity contribution in [2.24, 2.45) is 4.99 Å². The van der Waals surface area contributed by atoms with Gasteiger partial charge in [-0.2, -0.15) is 0 Å². The second-order valence-electron chi connectivity index (χ2n) is 7.15. The fraction of sp³-hybridized carbons (Fsp3) is 0.273. The molecule has 3 N–H and O–H groups in total. The molecule has 2 aromatic rings. The summed E-state index contributed by atoms with van der Waals surface area (Å²) in [5.74, 6) is -2.09. The van der Waals surface area contributed by atoms with Gasteiger partial charge in [-0.15, -0.1) is 0 Å². The van der Waals surface area contributed by atoms with Crippen LogP contribution in [0.5, 0.6) is 0 Å². The van der Waals surface area contributed by atoms with E-state index in [2.05, 4.69) is 25.5 Å². The third-order valence-corrected chi connectivity index (χ3v) is 6.36. The van der Waals surface area contributed by atoms with Gasteiger partial charge in [0.2, 0.25) is 0 Å². The molecule has 0 bridgehead atoms. The summed E-state index contributed by atoms with van der Waals surface area (Å²) in [6.07, 6.45) is 0. The predicted molar refractivity (Wildman–Crippen MR) is 125 cm³/mol. The number of anilines is 1. The number of hydrogen-bond acceptors (Lipinski definition) is 8. The van der Waals surface area contributed by atoms with Gasteiger partial charge in [0.05, 0.1) is 4.90 Å². The molecule has 0 atom stereocenters. The van der Waals surface area contributed by atoms with Crippen LogP contribution in [-0.4, -0.2) is 58.3 Å². The van der Waals surface area contributed by atoms with Crippen molar-refractivity contribution in [2.75, 3.05) is 31.1 Å². The average molecular weight is 488 g/mol. The first-order valence-electron chi connectivity index (χ1n) is 10.5. The summed E-state index contributed by atoms with van der Waals surface area (Å²) in [5.41, 5.74) is 6.09. The first-order valence-corrected chi connectivity index (χ1v) is 12.0. The molecule has 0 fully saturated rings. The Hall–Kier alpha value is -3.93. The molecule has 2 aromatic carbocycles. The molecule has 0 saturated carbocycles. The zero-order valence-electron chi connectivity index (χ0n) is 18.7. The van der Waals surface area contributed by atoms with Crippen LogP contribution in [0.25, 0.3) is 0 Å². The lowest BCUT2D eigenvalue weighted by Gasteiger charge is -2.21. The lowest BCUT2D eigenvalue weighted by molar-refractivity contribution is -0.147. The molecule has 0 radical (unpaired) electrons. The number of nitrogens with one attached hydrogen (secondary N) is 3. The van der Waals surface area contributed by atoms with Crippen molar-refractivity contribution in [3.63, 3.8) is 0 Å². The topological polar surface area (TPSA) is 146 Å². The number of sulfonamides is 1. The lowest BCUT2D eigenvalue weighted by atomic mass is 10.2. The van der Waals surface area contributed by atoms with Gasteiger partial charge in [-0.05, 0) is 50.2 Å². The molecule has 2 amide bonds. The number of carbonyl (C=O) groups excluding carboxylic acids is 3. The summed E-state index contributed by atoms with van der Waals surface area (Å²) in [6, 6.07) is 13.1. The fourth-order valence-corrected chi connectivity index (χ4v) is 4.48. The monoisotopic (exact) mass is 487 g/mol. The zero-order chi connectivity index (χ0) is 24.7. The van der Waals surface area contributed by atoms with Crippen molar-refractivity contribution in [1.29, 1.82) is 0 Å². The van der Waals surface area contributed by atoms with Gasteiger partial charge in [0.25, 0.3) is 21.8 Å². The van der Waals surface area contributed by atoms with Crippen LogP contribution in [0, 0.1) is 0 Å². The quantitative estimate of drug-likeness (QED) is 0.365. The highest BCUT2D eigenvalue weighted by molar-refractivity contribution is 7.90. The Morgan fingerprint density at radius 2 is 1.68 bits per heavy atom. The normalized spacial score (nSPS) is 14.6. The van der Waals surface area contributed by atoms with E-state index < -0.39 is 41.0 Å². The molecule has 1 aliphatic rings. The summed E-state index contributed by atoms with van der Waals surface area (Å²) in [7, 11) is -3.72. The molecule has 0 spiro atoms. The van der Waals surface area contributed by atoms with E-state index in [9.17, 15) is 22.8 Å². The largest absolute Gasteiger partial charge is 0.454 e. The Morgan fingerprint density at radius 3 is 2.35 bits per heavy atom. The second kappa shape index (κ2) is 10.8. The molecule has 1 heterocycles. The number of amides is 2. The number of amidine groups is 1. The third kappa shape index (κ3) is 5.90. The van der Waals surface area contributed by atoms with Gasteiger partial charge in [0, 0.05) is 29.9 Å². The van der Waals surface area contributed by atoms with E-state index in [4.69, 9.17) is 4.74 Å². The van der Waals surface area contributed by atoms with Crippen LogP contribution >= 0.6 is 0 Å². The Morgan fingerprint density at radius 1 is 1.00 bits per heavy atom. The number of hydrazine groups is 1. The van der Waals surface area contributed by atoms with E-state index in [1.807, 2.05) is 26.0 Å². The number of esters is 1. The van der Waals surface area contributed by atoms with Crippen LogP contribution in [0.2, 0.25) is 0 Å². The maximum Gasteiger partial charge on any atom is 0.328 e. The van der Waals surface area contributed by atoms with Gasteiger partial charge in [-0.25, -0.2) is 8.42 Å². The molecule has 0 aliphatic carbocycles. The molecule has 3 rings (SSSR count). The SMILES string of the molecule is CCN(CC)c1ccc(C(=O)NNC(=O)COC(=O)CN=C2NS(=O)(=O)c3ccccc32)cc1. The van der Waals surface area contributed by atoms with Gasteiger partial charge in [-0.1, -0.05) is 12.1 Å². The number of benzene rings is 2. The number of carbonyl (C=O) groups is 3. The van der Waals surface area contributed by atoms with Gasteiger partial charge >= 0.3 is 5.97 Å². The number of rotatable bonds is 8. The molecular formula is C22H25N5O6S. The van der Waals surface area contributed by atoms with Gasteiger partial charge < -0.3 is 9.64 Å². The zero-order valence-corrected chi connectivity index (χ0v) is 19.5. The first-order chi connectivity index (χ1) is 16.2. The van der Waals surface area contributed by atoms with E-state index in [0.29, 0.717) is 11.1 Å². The Balaban J connectivity index is 1.44. The van der Waals surface area contributed by atoms with Crippen molar-refractivity contribution in [3.8, 4) is 0 Å². The summed E-state index contributed by atoms with van der Waals surface area (Å²) in [6.45, 7) is 4.61. The molecule has 11 nitrogen and oxygen atoms in total. The standard InChI is InChI=1S/C22H25N5O6S/c1-3-27(4-2)16-11-9-15(10-12-16)22(30)25-24-19(28)14-33-20(29)13-23-21-17-7-5-6-8-18(17)34(31,32)26-21/h5-12H,3-4,13-14H2,1-2H3,(H,23,26)(H,24,28)(H,25,30). The van der Waals surface area contributed by atoms with Crippen molar-refractivity contribution >= 4 is 39.3 Å². The highest BCUT2D eigenvalue weighted by Gasteiger charge is 2.30. The number of ether oxygens (including phenoxy) is 1. The minimum atomic E-state index is -3.72. The summed E-state index contributed by atoms with van der Waals surface area (Å²) >= 11 is 0. The average Bonchev–Trinajstić information content (AvgIpc) is 3.11. The number of hydrogen-bond donors (Lipinski definition) is 3. The number of nitrogens with zero attached hydrogens (tertiary/aromatic N) is 2. The highest BCUT2D eigenvalue weighted by Crippen LogP contribution is 2.22. The minimum Gasteiger partial charge on any atom is -0.454 e. The van der Waals surface area contributed by atoms with Crippen molar-refractivity contribution in [3.05, 3.63) is 59.7 Å². The number of fused-ring (bicyclic) bond motifs is 1. The lowest BCUT2D eigenvalue weighted by Crippen LogP contribution is -2.43. The van der Waals surface area contributed by atoms with Crippen molar-refractivity contribution in [2.45, 2.75) is 18.7 Å². The van der Waals surface area contributed by atoms with E-state index in [-0.39, 0.29) is 10.7 Å². The van der Waals surface area contributed by atoms with E-state index >= 15 is 0 Å². The van der Waals surface area contributed by atoms with E-state index in [0.717, 1.165) is 18.8 Å². The van der Waals surface area contributed by atoms with E-state index in [1.54, 1.807) is 30.3 Å². The first kappa shape index (κ1) is 24.7. The van der Waals surface area contributed by atoms with Gasteiger partial charge in [-0.3, -0.25) is 34.9 Å². The predicted octanol–water partition coefficient (Wildman–Crippen LogP) is 0.576. The molecule has 1 aliphatic heterocycles. The van der Waals surface area contributed by atoms with Crippen LogP contribution in [0.1, 0.15) is 29.8 Å². The van der Waals surface area contributed by atoms with Crippen LogP contribution in [0.4, 0.5) is 5.69 Å². The molecular weight excluding hydrogens is 462 g/mol. The van der Waals surface area contributed by atoms with Crippen LogP contribution in [-0.2, 0) is 24.3 Å². The van der Waals surface area contributed by atoms with Gasteiger partial charge in [0.15, 0.2) is 6.61 Å². The Kier molecular flexibility index (Phi) is 7.84. The molecule has 12 heteroatoms. The summed E-state index contributed by atoms with van der Waals surface area (Å²) in [4.78, 5) is 42.1. The van der Waals surface area contributed by atoms with Crippen LogP contribution < -0.4 is 20.5 Å². The fourth-order valence-electron chi connectivity index (χ4n) is 3.23. The Bertz CT molecular complexity index is 1210. The molecule has 0 unspecified atom stereocenters. The minimum absolute atomic E-state index is 0.0243. The molecule has 180 valence electrons. The van der Waals surface area contributed by atoms with Crippen LogP contribution in [0.15, 0.2) is 58.4 Å². The maximum atomic E-state index is 12.2. The van der Waals surface area contributed by atoms with Crippen molar-refractivity contribution in [1.82, 2.24) is 15.6 Å². The second-order valence-corrected chi connectivity index (χ2v) is 8.80. The number of aliphatic imine (C=N–C) groups is 1. The van der Waals surface area contributed by atoms with Gasteiger partial charge in [0.1, 0.15) is 12.4 Å². The highest BCUT2D eigenvalue weighted by atomic mass is 32.2. The smallest absolute Gasteiger partial charge is 0.328 e. The Labute approximate surface area is 197 Å². The van der Waals surface area contributed by atoms with Crippen LogP contribution in [0.3, 0.4) is 0 Å².